The molecule has 4 nitrogen and oxygen atoms in total. The van der Waals surface area contributed by atoms with Gasteiger partial charge in [-0.25, -0.2) is 4.98 Å². The summed E-state index contributed by atoms with van der Waals surface area (Å²) in [6.07, 6.45) is 0. The molecule has 2 aromatic carbocycles. The van der Waals surface area contributed by atoms with E-state index in [9.17, 15) is 0 Å². The van der Waals surface area contributed by atoms with Gasteiger partial charge in [0.15, 0.2) is 0 Å². The van der Waals surface area contributed by atoms with Crippen LogP contribution in [0.4, 0.5) is 5.69 Å². The first-order valence-corrected chi connectivity index (χ1v) is 7.48. The number of nitrogens with two attached hydrogens (primary N) is 1. The lowest BCUT2D eigenvalue weighted by molar-refractivity contribution is 0.415. The maximum Gasteiger partial charge on any atom is 0.141 e. The number of rotatable bonds is 4. The lowest BCUT2D eigenvalue weighted by Gasteiger charge is -2.12. The maximum atomic E-state index is 5.93. The van der Waals surface area contributed by atoms with E-state index in [1.807, 2.05) is 36.4 Å². The topological polar surface area (TPSA) is 53.1 Å². The van der Waals surface area contributed by atoms with Gasteiger partial charge >= 0.3 is 0 Å². The quantitative estimate of drug-likeness (QED) is 0.741. The Morgan fingerprint density at radius 3 is 2.68 bits per heavy atom. The fourth-order valence-corrected chi connectivity index (χ4v) is 2.68. The van der Waals surface area contributed by atoms with E-state index >= 15 is 0 Å². The molecule has 1 aromatic heterocycles. The number of imidazole rings is 1. The average Bonchev–Trinajstić information content (AvgIpc) is 2.84. The Labute approximate surface area is 130 Å². The third-order valence-electron chi connectivity index (χ3n) is 3.65. The highest BCUT2D eigenvalue weighted by Gasteiger charge is 2.14. The molecular weight excluding hydrogens is 274 g/mol. The van der Waals surface area contributed by atoms with Crippen molar-refractivity contribution in [3.63, 3.8) is 0 Å². The zero-order valence-corrected chi connectivity index (χ0v) is 13.2. The number of nitrogens with zero attached hydrogens (tertiary/aromatic N) is 2. The lowest BCUT2D eigenvalue weighted by Crippen LogP contribution is -2.06. The van der Waals surface area contributed by atoms with Crippen molar-refractivity contribution >= 4 is 16.7 Å². The van der Waals surface area contributed by atoms with Crippen LogP contribution in [-0.2, 0) is 6.54 Å². The van der Waals surface area contributed by atoms with E-state index in [1.165, 1.54) is 0 Å². The van der Waals surface area contributed by atoms with Crippen molar-refractivity contribution in [2.45, 2.75) is 20.4 Å². The summed E-state index contributed by atoms with van der Waals surface area (Å²) >= 11 is 0. The first-order valence-electron chi connectivity index (χ1n) is 7.48. The summed E-state index contributed by atoms with van der Waals surface area (Å²) in [5, 5.41) is 0. The minimum Gasteiger partial charge on any atom is -0.497 e. The molecule has 0 radical (unpaired) electrons. The number of ether oxygens (including phenoxy) is 1. The predicted octanol–water partition coefficient (Wildman–Crippen LogP) is 3.95. The summed E-state index contributed by atoms with van der Waals surface area (Å²) in [6, 6.07) is 13.9. The van der Waals surface area contributed by atoms with Crippen LogP contribution in [0.1, 0.15) is 13.8 Å². The van der Waals surface area contributed by atoms with Crippen molar-refractivity contribution in [2.24, 2.45) is 5.92 Å². The summed E-state index contributed by atoms with van der Waals surface area (Å²) in [5.41, 5.74) is 9.78. The summed E-state index contributed by atoms with van der Waals surface area (Å²) in [7, 11) is 1.67. The van der Waals surface area contributed by atoms with Crippen molar-refractivity contribution < 1.29 is 4.74 Å². The molecule has 0 saturated heterocycles. The van der Waals surface area contributed by atoms with Gasteiger partial charge in [-0.15, -0.1) is 0 Å². The van der Waals surface area contributed by atoms with Crippen molar-refractivity contribution in [2.75, 3.05) is 12.8 Å². The second-order valence-corrected chi connectivity index (χ2v) is 5.92. The van der Waals surface area contributed by atoms with Crippen LogP contribution in [0.25, 0.3) is 22.4 Å². The van der Waals surface area contributed by atoms with Crippen LogP contribution in [0.3, 0.4) is 0 Å². The van der Waals surface area contributed by atoms with E-state index in [0.717, 1.165) is 40.4 Å². The fourth-order valence-electron chi connectivity index (χ4n) is 2.68. The number of hydrogen-bond acceptors (Lipinski definition) is 3. The minimum absolute atomic E-state index is 0.527. The molecule has 4 heteroatoms. The van der Waals surface area contributed by atoms with Crippen LogP contribution in [0.5, 0.6) is 5.75 Å². The molecule has 3 aromatic rings. The van der Waals surface area contributed by atoms with Gasteiger partial charge in [-0.2, -0.15) is 0 Å². The number of hydrogen-bond donors (Lipinski definition) is 1. The second-order valence-electron chi connectivity index (χ2n) is 5.92. The largest absolute Gasteiger partial charge is 0.497 e. The van der Waals surface area contributed by atoms with Gasteiger partial charge in [0.2, 0.25) is 0 Å². The smallest absolute Gasteiger partial charge is 0.141 e. The fraction of sp³-hybridized carbons (Fsp3) is 0.278. The average molecular weight is 295 g/mol. The molecular formula is C18H21N3O. The Kier molecular flexibility index (Phi) is 3.75. The van der Waals surface area contributed by atoms with Gasteiger partial charge in [0.1, 0.15) is 11.6 Å². The second kappa shape index (κ2) is 5.72. The van der Waals surface area contributed by atoms with E-state index in [4.69, 9.17) is 15.5 Å². The summed E-state index contributed by atoms with van der Waals surface area (Å²) in [5.74, 6) is 2.30. The molecule has 0 aliphatic carbocycles. The molecule has 0 fully saturated rings. The first-order chi connectivity index (χ1) is 10.6. The van der Waals surface area contributed by atoms with Gasteiger partial charge in [0.25, 0.3) is 0 Å². The van der Waals surface area contributed by atoms with E-state index < -0.39 is 0 Å². The van der Waals surface area contributed by atoms with Gasteiger partial charge in [0.05, 0.1) is 18.1 Å². The predicted molar refractivity (Wildman–Crippen MR) is 91.0 cm³/mol. The van der Waals surface area contributed by atoms with E-state index in [1.54, 1.807) is 7.11 Å². The Hall–Kier alpha value is -2.49. The van der Waals surface area contributed by atoms with Crippen molar-refractivity contribution in [1.29, 1.82) is 0 Å². The molecule has 22 heavy (non-hydrogen) atoms. The van der Waals surface area contributed by atoms with E-state index in [0.29, 0.717) is 5.92 Å². The first kappa shape index (κ1) is 14.4. The third-order valence-corrected chi connectivity index (χ3v) is 3.65. The molecule has 2 N–H and O–H groups in total. The number of anilines is 1. The van der Waals surface area contributed by atoms with Crippen molar-refractivity contribution in [3.05, 3.63) is 42.5 Å². The third kappa shape index (κ3) is 2.64. The molecule has 114 valence electrons. The normalized spacial score (nSPS) is 11.3. The zero-order valence-electron chi connectivity index (χ0n) is 13.2. The molecule has 3 rings (SSSR count). The summed E-state index contributed by atoms with van der Waals surface area (Å²) < 4.78 is 7.57. The lowest BCUT2D eigenvalue weighted by atomic mass is 10.1. The number of nitrogen functional groups attached to an aromatic ring is 1. The monoisotopic (exact) mass is 295 g/mol. The molecule has 0 spiro atoms. The molecule has 1 heterocycles. The van der Waals surface area contributed by atoms with Crippen LogP contribution in [-0.4, -0.2) is 16.7 Å². The van der Waals surface area contributed by atoms with Gasteiger partial charge in [-0.3, -0.25) is 0 Å². The molecule has 0 atom stereocenters. The highest BCUT2D eigenvalue weighted by atomic mass is 16.5. The standard InChI is InChI=1S/C18H21N3O/c1-12(2)11-21-17-8-7-15(22-3)10-16(17)20-18(21)13-5-4-6-14(19)9-13/h4-10,12H,11,19H2,1-3H3. The van der Waals surface area contributed by atoms with Gasteiger partial charge in [-0.05, 0) is 30.2 Å². The van der Waals surface area contributed by atoms with Crippen molar-refractivity contribution in [1.82, 2.24) is 9.55 Å². The molecule has 0 aliphatic heterocycles. The van der Waals surface area contributed by atoms with Crippen LogP contribution in [0, 0.1) is 5.92 Å². The Morgan fingerprint density at radius 2 is 2.00 bits per heavy atom. The highest BCUT2D eigenvalue weighted by molar-refractivity contribution is 5.82. The van der Waals surface area contributed by atoms with Crippen LogP contribution >= 0.6 is 0 Å². The number of methoxy groups -OCH3 is 1. The van der Waals surface area contributed by atoms with Gasteiger partial charge < -0.3 is 15.0 Å². The minimum atomic E-state index is 0.527. The van der Waals surface area contributed by atoms with Crippen LogP contribution in [0.15, 0.2) is 42.5 Å². The Bertz CT molecular complexity index is 805. The molecule has 0 amide bonds. The number of fused-ring (bicyclic) bond motifs is 1. The number of aromatic nitrogens is 2. The van der Waals surface area contributed by atoms with Crippen LogP contribution < -0.4 is 10.5 Å². The molecule has 0 bridgehead atoms. The van der Waals surface area contributed by atoms with E-state index in [-0.39, 0.29) is 0 Å². The van der Waals surface area contributed by atoms with Gasteiger partial charge in [0, 0.05) is 23.9 Å². The van der Waals surface area contributed by atoms with Gasteiger partial charge in [-0.1, -0.05) is 26.0 Å². The van der Waals surface area contributed by atoms with E-state index in [2.05, 4.69) is 24.5 Å². The maximum absolute atomic E-state index is 5.93. The zero-order chi connectivity index (χ0) is 15.7. The van der Waals surface area contributed by atoms with Crippen molar-refractivity contribution in [3.8, 4) is 17.1 Å². The Balaban J connectivity index is 2.23. The number of benzene rings is 2. The SMILES string of the molecule is COc1ccc2c(c1)nc(-c1cccc(N)c1)n2CC(C)C. The highest BCUT2D eigenvalue weighted by Crippen LogP contribution is 2.29. The Morgan fingerprint density at radius 1 is 1.18 bits per heavy atom. The molecule has 0 aliphatic rings. The summed E-state index contributed by atoms with van der Waals surface area (Å²) in [6.45, 7) is 5.32. The molecule has 0 unspecified atom stereocenters. The molecule has 0 saturated carbocycles. The van der Waals surface area contributed by atoms with Crippen LogP contribution in [0.2, 0.25) is 0 Å². The summed E-state index contributed by atoms with van der Waals surface area (Å²) in [4.78, 5) is 4.81.